The van der Waals surface area contributed by atoms with Gasteiger partial charge in [0.25, 0.3) is 5.91 Å². The topological polar surface area (TPSA) is 104 Å². The lowest BCUT2D eigenvalue weighted by molar-refractivity contribution is -0.135. The van der Waals surface area contributed by atoms with Crippen molar-refractivity contribution in [2.24, 2.45) is 0 Å². The van der Waals surface area contributed by atoms with Crippen molar-refractivity contribution < 1.29 is 14.7 Å². The first-order valence-corrected chi connectivity index (χ1v) is 7.63. The van der Waals surface area contributed by atoms with Gasteiger partial charge in [-0.15, -0.1) is 0 Å². The predicted molar refractivity (Wildman–Crippen MR) is 94.0 cm³/mol. The third-order valence-electron chi connectivity index (χ3n) is 3.55. The molecule has 0 saturated carbocycles. The summed E-state index contributed by atoms with van der Waals surface area (Å²) in [7, 11) is 0. The highest BCUT2D eigenvalue weighted by Gasteiger charge is 2.08. The van der Waals surface area contributed by atoms with Crippen molar-refractivity contribution in [1.82, 2.24) is 15.3 Å². The molecule has 7 nitrogen and oxygen atoms in total. The number of benzene rings is 2. The number of carbonyl (C=O) groups is 2. The molecule has 0 aliphatic carbocycles. The summed E-state index contributed by atoms with van der Waals surface area (Å²) in [6.07, 6.45) is 0. The van der Waals surface area contributed by atoms with Crippen molar-refractivity contribution >= 4 is 34.4 Å². The number of amides is 1. The Labute approximate surface area is 143 Å². The van der Waals surface area contributed by atoms with Crippen LogP contribution in [0.4, 0.5) is 11.5 Å². The van der Waals surface area contributed by atoms with Gasteiger partial charge in [-0.25, -0.2) is 9.97 Å². The van der Waals surface area contributed by atoms with Crippen molar-refractivity contribution in [3.8, 4) is 0 Å². The first kappa shape index (κ1) is 16.4. The zero-order valence-corrected chi connectivity index (χ0v) is 13.5. The van der Waals surface area contributed by atoms with Crippen molar-refractivity contribution in [2.75, 3.05) is 11.9 Å². The predicted octanol–water partition coefficient (Wildman–Crippen LogP) is 2.50. The molecular formula is C18H16N4O3. The van der Waals surface area contributed by atoms with Gasteiger partial charge >= 0.3 is 5.97 Å². The second kappa shape index (κ2) is 6.96. The van der Waals surface area contributed by atoms with E-state index >= 15 is 0 Å². The van der Waals surface area contributed by atoms with Gasteiger partial charge in [-0.2, -0.15) is 0 Å². The van der Waals surface area contributed by atoms with E-state index in [1.165, 1.54) is 0 Å². The summed E-state index contributed by atoms with van der Waals surface area (Å²) in [4.78, 5) is 31.4. The van der Waals surface area contributed by atoms with Gasteiger partial charge in [-0.1, -0.05) is 12.1 Å². The number of nitrogens with zero attached hydrogens (tertiary/aromatic N) is 2. The van der Waals surface area contributed by atoms with Crippen LogP contribution in [-0.2, 0) is 4.79 Å². The first-order chi connectivity index (χ1) is 12.0. The normalized spacial score (nSPS) is 10.4. The summed E-state index contributed by atoms with van der Waals surface area (Å²) in [6, 6.07) is 14.3. The molecule has 3 N–H and O–H groups in total. The van der Waals surface area contributed by atoms with Crippen LogP contribution in [0.25, 0.3) is 11.0 Å². The van der Waals surface area contributed by atoms with Gasteiger partial charge in [0, 0.05) is 11.3 Å². The number of aliphatic carboxylic acids is 1. The standard InChI is InChI=1S/C18H16N4O3/c1-11-17(22-15-5-3-2-4-14(15)20-11)21-13-8-6-12(7-9-13)18(25)19-10-16(23)24/h2-9H,10H2,1H3,(H,19,25)(H,21,22)(H,23,24). The fraction of sp³-hybridized carbons (Fsp3) is 0.111. The fourth-order valence-corrected chi connectivity index (χ4v) is 2.31. The second-order valence-corrected chi connectivity index (χ2v) is 5.43. The van der Waals surface area contributed by atoms with E-state index in [2.05, 4.69) is 20.6 Å². The van der Waals surface area contributed by atoms with Crippen LogP contribution in [0.15, 0.2) is 48.5 Å². The molecule has 0 aliphatic rings. The smallest absolute Gasteiger partial charge is 0.322 e. The van der Waals surface area contributed by atoms with Gasteiger partial charge in [-0.3, -0.25) is 9.59 Å². The molecule has 0 unspecified atom stereocenters. The molecule has 0 bridgehead atoms. The number of carbonyl (C=O) groups excluding carboxylic acids is 1. The lowest BCUT2D eigenvalue weighted by atomic mass is 10.2. The molecule has 1 heterocycles. The van der Waals surface area contributed by atoms with E-state index in [9.17, 15) is 9.59 Å². The van der Waals surface area contributed by atoms with Crippen LogP contribution in [-0.4, -0.2) is 33.5 Å². The van der Waals surface area contributed by atoms with Gasteiger partial charge < -0.3 is 15.7 Å². The third-order valence-corrected chi connectivity index (χ3v) is 3.55. The molecule has 3 aromatic rings. The van der Waals surface area contributed by atoms with Crippen LogP contribution in [0.5, 0.6) is 0 Å². The lowest BCUT2D eigenvalue weighted by Crippen LogP contribution is -2.29. The van der Waals surface area contributed by atoms with E-state index in [0.29, 0.717) is 11.4 Å². The maximum Gasteiger partial charge on any atom is 0.322 e. The molecule has 0 aliphatic heterocycles. The Morgan fingerprint density at radius 3 is 2.28 bits per heavy atom. The number of fused-ring (bicyclic) bond motifs is 1. The van der Waals surface area contributed by atoms with Crippen molar-refractivity contribution in [2.45, 2.75) is 6.92 Å². The average Bonchev–Trinajstić information content (AvgIpc) is 2.61. The number of aromatic nitrogens is 2. The molecular weight excluding hydrogens is 320 g/mol. The van der Waals surface area contributed by atoms with Crippen LogP contribution in [0.1, 0.15) is 16.1 Å². The Bertz CT molecular complexity index is 939. The largest absolute Gasteiger partial charge is 0.480 e. The lowest BCUT2D eigenvalue weighted by Gasteiger charge is -2.10. The van der Waals surface area contributed by atoms with E-state index in [4.69, 9.17) is 5.11 Å². The van der Waals surface area contributed by atoms with Crippen molar-refractivity contribution in [3.63, 3.8) is 0 Å². The SMILES string of the molecule is Cc1nc2ccccc2nc1Nc1ccc(C(=O)NCC(=O)O)cc1. The number of nitrogens with one attached hydrogen (secondary N) is 2. The number of rotatable bonds is 5. The summed E-state index contributed by atoms with van der Waals surface area (Å²) >= 11 is 0. The molecule has 1 amide bonds. The molecule has 0 atom stereocenters. The number of carboxylic acids is 1. The second-order valence-electron chi connectivity index (χ2n) is 5.43. The van der Waals surface area contributed by atoms with Crippen LogP contribution in [0, 0.1) is 6.92 Å². The van der Waals surface area contributed by atoms with Crippen LogP contribution < -0.4 is 10.6 Å². The van der Waals surface area contributed by atoms with Crippen LogP contribution in [0.3, 0.4) is 0 Å². The van der Waals surface area contributed by atoms with Gasteiger partial charge in [0.05, 0.1) is 16.7 Å². The molecule has 7 heteroatoms. The zero-order valence-electron chi connectivity index (χ0n) is 13.5. The number of hydrogen-bond acceptors (Lipinski definition) is 5. The molecule has 0 radical (unpaired) electrons. The van der Waals surface area contributed by atoms with E-state index in [0.717, 1.165) is 22.4 Å². The van der Waals surface area contributed by atoms with E-state index in [-0.39, 0.29) is 0 Å². The van der Waals surface area contributed by atoms with Crippen molar-refractivity contribution in [3.05, 3.63) is 59.8 Å². The first-order valence-electron chi connectivity index (χ1n) is 7.63. The van der Waals surface area contributed by atoms with E-state index < -0.39 is 18.4 Å². The Morgan fingerprint density at radius 2 is 1.64 bits per heavy atom. The Hall–Kier alpha value is -3.48. The summed E-state index contributed by atoms with van der Waals surface area (Å²) in [5, 5.41) is 14.1. The number of para-hydroxylation sites is 2. The maximum atomic E-state index is 11.8. The molecule has 1 aromatic heterocycles. The van der Waals surface area contributed by atoms with Crippen molar-refractivity contribution in [1.29, 1.82) is 0 Å². The Kier molecular flexibility index (Phi) is 4.56. The molecule has 0 saturated heterocycles. The highest BCUT2D eigenvalue weighted by atomic mass is 16.4. The minimum atomic E-state index is -1.09. The maximum absolute atomic E-state index is 11.8. The number of carboxylic acid groups (broad SMARTS) is 1. The summed E-state index contributed by atoms with van der Waals surface area (Å²) in [5.74, 6) is -0.880. The van der Waals surface area contributed by atoms with Gasteiger partial charge in [0.2, 0.25) is 0 Å². The minimum absolute atomic E-state index is 0.383. The van der Waals surface area contributed by atoms with Crippen LogP contribution in [0.2, 0.25) is 0 Å². The highest BCUT2D eigenvalue weighted by Crippen LogP contribution is 2.20. The molecule has 0 fully saturated rings. The monoisotopic (exact) mass is 336 g/mol. The van der Waals surface area contributed by atoms with Gasteiger partial charge in [-0.05, 0) is 43.3 Å². The minimum Gasteiger partial charge on any atom is -0.480 e. The third kappa shape index (κ3) is 3.89. The van der Waals surface area contributed by atoms with E-state index in [1.54, 1.807) is 24.3 Å². The Morgan fingerprint density at radius 1 is 1.00 bits per heavy atom. The fourth-order valence-electron chi connectivity index (χ4n) is 2.31. The molecule has 0 spiro atoms. The summed E-state index contributed by atoms with van der Waals surface area (Å²) in [5.41, 5.74) is 3.52. The molecule has 126 valence electrons. The number of hydrogen-bond donors (Lipinski definition) is 3. The summed E-state index contributed by atoms with van der Waals surface area (Å²) in [6.45, 7) is 1.46. The van der Waals surface area contributed by atoms with Crippen LogP contribution >= 0.6 is 0 Å². The summed E-state index contributed by atoms with van der Waals surface area (Å²) < 4.78 is 0. The highest BCUT2D eigenvalue weighted by molar-refractivity contribution is 5.96. The average molecular weight is 336 g/mol. The van der Waals surface area contributed by atoms with E-state index in [1.807, 2.05) is 31.2 Å². The number of aryl methyl sites for hydroxylation is 1. The number of anilines is 2. The quantitative estimate of drug-likeness (QED) is 0.661. The molecule has 3 rings (SSSR count). The molecule has 2 aromatic carbocycles. The zero-order chi connectivity index (χ0) is 17.8. The molecule has 25 heavy (non-hydrogen) atoms. The Balaban J connectivity index is 1.76. The van der Waals surface area contributed by atoms with Gasteiger partial charge in [0.15, 0.2) is 5.82 Å². The van der Waals surface area contributed by atoms with Gasteiger partial charge in [0.1, 0.15) is 6.54 Å².